The lowest BCUT2D eigenvalue weighted by Crippen LogP contribution is -2.25. The lowest BCUT2D eigenvalue weighted by molar-refractivity contribution is -0.384. The first-order chi connectivity index (χ1) is 13.5. The SMILES string of the molecule is O=C(NC1CC1)c1ccc(NCCc2c[nH]c3cc(F)ccc23)c([N+](=O)[O-])c1. The van der Waals surface area contributed by atoms with Gasteiger partial charge in [0.2, 0.25) is 0 Å². The maximum Gasteiger partial charge on any atom is 0.293 e. The van der Waals surface area contributed by atoms with E-state index in [9.17, 15) is 19.3 Å². The number of hydrogen-bond acceptors (Lipinski definition) is 4. The normalized spacial score (nSPS) is 13.5. The van der Waals surface area contributed by atoms with Gasteiger partial charge in [0, 0.05) is 41.3 Å². The van der Waals surface area contributed by atoms with Crippen molar-refractivity contribution in [2.75, 3.05) is 11.9 Å². The molecular formula is C20H19FN4O3. The van der Waals surface area contributed by atoms with Crippen molar-refractivity contribution in [2.24, 2.45) is 0 Å². The molecule has 0 unspecified atom stereocenters. The number of nitro benzene ring substituents is 1. The van der Waals surface area contributed by atoms with Crippen LogP contribution in [0.25, 0.3) is 10.9 Å². The molecule has 1 fully saturated rings. The van der Waals surface area contributed by atoms with E-state index in [2.05, 4.69) is 15.6 Å². The molecule has 28 heavy (non-hydrogen) atoms. The van der Waals surface area contributed by atoms with E-state index in [1.54, 1.807) is 18.2 Å². The zero-order valence-corrected chi connectivity index (χ0v) is 15.0. The average molecular weight is 382 g/mol. The maximum atomic E-state index is 13.3. The van der Waals surface area contributed by atoms with E-state index in [1.165, 1.54) is 18.2 Å². The summed E-state index contributed by atoms with van der Waals surface area (Å²) in [6.07, 6.45) is 4.32. The summed E-state index contributed by atoms with van der Waals surface area (Å²) in [6, 6.07) is 9.19. The third-order valence-electron chi connectivity index (χ3n) is 4.81. The number of carbonyl (C=O) groups is 1. The number of H-pyrrole nitrogens is 1. The van der Waals surface area contributed by atoms with Gasteiger partial charge in [-0.1, -0.05) is 0 Å². The number of rotatable bonds is 7. The molecule has 3 aromatic rings. The van der Waals surface area contributed by atoms with Crippen molar-refractivity contribution in [3.05, 3.63) is 69.7 Å². The van der Waals surface area contributed by atoms with Crippen LogP contribution in [-0.2, 0) is 6.42 Å². The highest BCUT2D eigenvalue weighted by molar-refractivity contribution is 5.96. The van der Waals surface area contributed by atoms with Crippen LogP contribution in [0.5, 0.6) is 0 Å². The van der Waals surface area contributed by atoms with E-state index in [0.717, 1.165) is 23.8 Å². The molecule has 3 N–H and O–H groups in total. The fraction of sp³-hybridized carbons (Fsp3) is 0.250. The Balaban J connectivity index is 1.45. The predicted octanol–water partition coefficient (Wildman–Crippen LogP) is 3.76. The molecule has 144 valence electrons. The first-order valence-electron chi connectivity index (χ1n) is 9.10. The number of fused-ring (bicyclic) bond motifs is 1. The Labute approximate surface area is 160 Å². The highest BCUT2D eigenvalue weighted by Crippen LogP contribution is 2.27. The number of amides is 1. The summed E-state index contributed by atoms with van der Waals surface area (Å²) in [7, 11) is 0. The van der Waals surface area contributed by atoms with Gasteiger partial charge in [-0.05, 0) is 55.2 Å². The molecule has 1 aliphatic rings. The molecule has 0 atom stereocenters. The molecule has 7 nitrogen and oxygen atoms in total. The molecule has 8 heteroatoms. The van der Waals surface area contributed by atoms with Gasteiger partial charge in [0.1, 0.15) is 11.5 Å². The van der Waals surface area contributed by atoms with Gasteiger partial charge in [-0.15, -0.1) is 0 Å². The minimum Gasteiger partial charge on any atom is -0.379 e. The number of halogens is 1. The number of aromatic nitrogens is 1. The van der Waals surface area contributed by atoms with Crippen LogP contribution in [0.4, 0.5) is 15.8 Å². The lowest BCUT2D eigenvalue weighted by Gasteiger charge is -2.09. The second-order valence-electron chi connectivity index (χ2n) is 6.92. The van der Waals surface area contributed by atoms with Crippen LogP contribution in [0.15, 0.2) is 42.6 Å². The van der Waals surface area contributed by atoms with Crippen LogP contribution < -0.4 is 10.6 Å². The highest BCUT2D eigenvalue weighted by Gasteiger charge is 2.25. The van der Waals surface area contributed by atoms with E-state index in [-0.39, 0.29) is 29.0 Å². The number of aromatic amines is 1. The smallest absolute Gasteiger partial charge is 0.293 e. The standard InChI is InChI=1S/C20H19FN4O3/c21-14-2-5-16-13(11-23-18(16)10-14)7-8-22-17-6-1-12(9-19(17)25(27)28)20(26)24-15-3-4-15/h1-2,5-6,9-11,15,22-23H,3-4,7-8H2,(H,24,26). The van der Waals surface area contributed by atoms with Gasteiger partial charge in [0.05, 0.1) is 4.92 Å². The summed E-state index contributed by atoms with van der Waals surface area (Å²) < 4.78 is 13.3. The van der Waals surface area contributed by atoms with Crippen LogP contribution in [0.2, 0.25) is 0 Å². The van der Waals surface area contributed by atoms with Crippen molar-refractivity contribution in [1.82, 2.24) is 10.3 Å². The van der Waals surface area contributed by atoms with Gasteiger partial charge >= 0.3 is 0 Å². The number of nitrogens with one attached hydrogen (secondary N) is 3. The predicted molar refractivity (Wildman–Crippen MR) is 104 cm³/mol. The van der Waals surface area contributed by atoms with Gasteiger partial charge in [0.15, 0.2) is 0 Å². The molecule has 0 bridgehead atoms. The molecule has 2 aromatic carbocycles. The van der Waals surface area contributed by atoms with E-state index in [0.29, 0.717) is 24.2 Å². The Hall–Kier alpha value is -3.42. The molecule has 1 heterocycles. The summed E-state index contributed by atoms with van der Waals surface area (Å²) in [5.41, 5.74) is 2.21. The topological polar surface area (TPSA) is 100 Å². The summed E-state index contributed by atoms with van der Waals surface area (Å²) >= 11 is 0. The van der Waals surface area contributed by atoms with Crippen molar-refractivity contribution < 1.29 is 14.1 Å². The van der Waals surface area contributed by atoms with Crippen LogP contribution in [0, 0.1) is 15.9 Å². The Morgan fingerprint density at radius 1 is 1.25 bits per heavy atom. The van der Waals surface area contributed by atoms with Gasteiger partial charge in [-0.25, -0.2) is 4.39 Å². The van der Waals surface area contributed by atoms with Crippen LogP contribution in [0.1, 0.15) is 28.8 Å². The molecule has 0 radical (unpaired) electrons. The highest BCUT2D eigenvalue weighted by atomic mass is 19.1. The Morgan fingerprint density at radius 3 is 2.82 bits per heavy atom. The zero-order chi connectivity index (χ0) is 19.7. The van der Waals surface area contributed by atoms with Gasteiger partial charge in [-0.2, -0.15) is 0 Å². The Morgan fingerprint density at radius 2 is 2.07 bits per heavy atom. The molecule has 0 aliphatic heterocycles. The Kier molecular flexibility index (Phi) is 4.68. The van der Waals surface area contributed by atoms with Crippen molar-refractivity contribution in [3.63, 3.8) is 0 Å². The molecule has 1 aliphatic carbocycles. The largest absolute Gasteiger partial charge is 0.379 e. The van der Waals surface area contributed by atoms with Gasteiger partial charge < -0.3 is 15.6 Å². The third-order valence-corrected chi connectivity index (χ3v) is 4.81. The summed E-state index contributed by atoms with van der Waals surface area (Å²) in [4.78, 5) is 26.1. The van der Waals surface area contributed by atoms with E-state index in [4.69, 9.17) is 0 Å². The molecule has 0 spiro atoms. The number of anilines is 1. The minimum absolute atomic E-state index is 0.135. The number of benzene rings is 2. The summed E-state index contributed by atoms with van der Waals surface area (Å²) in [5, 5.41) is 18.2. The average Bonchev–Trinajstić information content (AvgIpc) is 3.40. The summed E-state index contributed by atoms with van der Waals surface area (Å²) in [5.74, 6) is -0.594. The molecular weight excluding hydrogens is 363 g/mol. The maximum absolute atomic E-state index is 13.3. The van der Waals surface area contributed by atoms with Crippen molar-refractivity contribution in [3.8, 4) is 0 Å². The van der Waals surface area contributed by atoms with Gasteiger partial charge in [0.25, 0.3) is 11.6 Å². The van der Waals surface area contributed by atoms with Crippen LogP contribution in [0.3, 0.4) is 0 Å². The number of hydrogen-bond donors (Lipinski definition) is 3. The third kappa shape index (κ3) is 3.80. The molecule has 0 saturated heterocycles. The fourth-order valence-corrected chi connectivity index (χ4v) is 3.17. The van der Waals surface area contributed by atoms with Crippen molar-refractivity contribution >= 4 is 28.2 Å². The minimum atomic E-state index is -0.495. The molecule has 1 aromatic heterocycles. The number of nitrogens with zero attached hydrogens (tertiary/aromatic N) is 1. The first kappa shape index (κ1) is 18.0. The molecule has 1 saturated carbocycles. The zero-order valence-electron chi connectivity index (χ0n) is 15.0. The van der Waals surface area contributed by atoms with Crippen molar-refractivity contribution in [2.45, 2.75) is 25.3 Å². The monoisotopic (exact) mass is 382 g/mol. The van der Waals surface area contributed by atoms with Crippen LogP contribution in [-0.4, -0.2) is 28.4 Å². The molecule has 4 rings (SSSR count). The van der Waals surface area contributed by atoms with E-state index < -0.39 is 4.92 Å². The van der Waals surface area contributed by atoms with Gasteiger partial charge in [-0.3, -0.25) is 14.9 Å². The lowest BCUT2D eigenvalue weighted by atomic mass is 10.1. The Bertz CT molecular complexity index is 1060. The number of carbonyl (C=O) groups excluding carboxylic acids is 1. The second-order valence-corrected chi connectivity index (χ2v) is 6.92. The summed E-state index contributed by atoms with van der Waals surface area (Å²) in [6.45, 7) is 0.457. The molecule has 1 amide bonds. The second kappa shape index (κ2) is 7.30. The van der Waals surface area contributed by atoms with E-state index in [1.807, 2.05) is 6.20 Å². The number of nitro groups is 1. The van der Waals surface area contributed by atoms with Crippen molar-refractivity contribution in [1.29, 1.82) is 0 Å². The quantitative estimate of drug-likeness (QED) is 0.428. The first-order valence-corrected chi connectivity index (χ1v) is 9.10. The van der Waals surface area contributed by atoms with Crippen LogP contribution >= 0.6 is 0 Å². The fourth-order valence-electron chi connectivity index (χ4n) is 3.17. The van der Waals surface area contributed by atoms with E-state index >= 15 is 0 Å².